The van der Waals surface area contributed by atoms with Crippen molar-refractivity contribution < 1.29 is 22.8 Å². The van der Waals surface area contributed by atoms with Crippen LogP contribution in [0.2, 0.25) is 5.02 Å². The summed E-state index contributed by atoms with van der Waals surface area (Å²) in [6.07, 6.45) is -0.757. The maximum atomic E-state index is 12.9. The number of benzene rings is 1. The SMILES string of the molecule is NC=C(C(=O)NCC(N)=O)c1ncc(Cc2ccc(Cl)c(C(F)(F)F)c2)cn1. The Bertz CT molecular complexity index is 914. The van der Waals surface area contributed by atoms with Crippen molar-refractivity contribution in [2.24, 2.45) is 11.5 Å². The first-order valence-electron chi connectivity index (χ1n) is 7.77. The van der Waals surface area contributed by atoms with Gasteiger partial charge in [0, 0.05) is 25.0 Å². The van der Waals surface area contributed by atoms with Crippen LogP contribution >= 0.6 is 11.6 Å². The van der Waals surface area contributed by atoms with E-state index in [1.165, 1.54) is 24.5 Å². The topological polar surface area (TPSA) is 124 Å². The van der Waals surface area contributed by atoms with Crippen molar-refractivity contribution in [2.45, 2.75) is 12.6 Å². The molecule has 0 aliphatic heterocycles. The number of rotatable bonds is 6. The number of hydrogen-bond acceptors (Lipinski definition) is 5. The van der Waals surface area contributed by atoms with Crippen LogP contribution in [0.15, 0.2) is 36.8 Å². The van der Waals surface area contributed by atoms with Crippen LogP contribution in [0.1, 0.15) is 22.5 Å². The molecule has 0 atom stereocenters. The van der Waals surface area contributed by atoms with Crippen molar-refractivity contribution >= 4 is 29.0 Å². The smallest absolute Gasteiger partial charge is 0.404 e. The molecule has 0 saturated carbocycles. The Kier molecular flexibility index (Phi) is 6.57. The van der Waals surface area contributed by atoms with E-state index in [1.807, 2.05) is 0 Å². The molecule has 11 heteroatoms. The van der Waals surface area contributed by atoms with E-state index in [0.29, 0.717) is 11.1 Å². The fourth-order valence-electron chi connectivity index (χ4n) is 2.23. The van der Waals surface area contributed by atoms with Gasteiger partial charge in [-0.05, 0) is 23.3 Å². The average molecular weight is 414 g/mol. The van der Waals surface area contributed by atoms with Gasteiger partial charge >= 0.3 is 6.18 Å². The molecule has 7 nitrogen and oxygen atoms in total. The molecule has 0 radical (unpaired) electrons. The molecule has 0 aliphatic rings. The summed E-state index contributed by atoms with van der Waals surface area (Å²) in [5, 5.41) is 1.86. The first kappa shape index (κ1) is 21.2. The van der Waals surface area contributed by atoms with E-state index in [0.717, 1.165) is 12.3 Å². The summed E-state index contributed by atoms with van der Waals surface area (Å²) in [5.74, 6) is -1.44. The number of nitrogens with one attached hydrogen (secondary N) is 1. The maximum Gasteiger partial charge on any atom is 0.417 e. The molecular weight excluding hydrogens is 399 g/mol. The van der Waals surface area contributed by atoms with Crippen LogP contribution in [-0.4, -0.2) is 28.3 Å². The third-order valence-corrected chi connectivity index (χ3v) is 3.85. The van der Waals surface area contributed by atoms with Gasteiger partial charge in [-0.3, -0.25) is 9.59 Å². The molecule has 0 bridgehead atoms. The van der Waals surface area contributed by atoms with E-state index in [9.17, 15) is 22.8 Å². The fraction of sp³-hybridized carbons (Fsp3) is 0.176. The lowest BCUT2D eigenvalue weighted by molar-refractivity contribution is -0.137. The quantitative estimate of drug-likeness (QED) is 0.621. The Morgan fingerprint density at radius 2 is 1.82 bits per heavy atom. The van der Waals surface area contributed by atoms with Gasteiger partial charge in [-0.25, -0.2) is 9.97 Å². The van der Waals surface area contributed by atoms with Crippen LogP contribution in [0.3, 0.4) is 0 Å². The minimum atomic E-state index is -4.56. The van der Waals surface area contributed by atoms with Gasteiger partial charge in [0.05, 0.1) is 22.7 Å². The zero-order valence-electron chi connectivity index (χ0n) is 14.3. The minimum absolute atomic E-state index is 0.0136. The molecule has 2 amide bonds. The first-order chi connectivity index (χ1) is 13.1. The van der Waals surface area contributed by atoms with Gasteiger partial charge in [0.2, 0.25) is 5.91 Å². The van der Waals surface area contributed by atoms with Crippen LogP contribution in [0.5, 0.6) is 0 Å². The summed E-state index contributed by atoms with van der Waals surface area (Å²) < 4.78 is 38.8. The molecule has 1 aromatic heterocycles. The number of carbonyl (C=O) groups excluding carboxylic acids is 2. The number of halogens is 4. The summed E-state index contributed by atoms with van der Waals surface area (Å²) in [6, 6.07) is 3.60. The predicted octanol–water partition coefficient (Wildman–Crippen LogP) is 1.64. The highest BCUT2D eigenvalue weighted by Crippen LogP contribution is 2.35. The van der Waals surface area contributed by atoms with Crippen LogP contribution < -0.4 is 16.8 Å². The van der Waals surface area contributed by atoms with Crippen molar-refractivity contribution in [2.75, 3.05) is 6.54 Å². The normalized spacial score (nSPS) is 11.9. The van der Waals surface area contributed by atoms with E-state index in [4.69, 9.17) is 23.1 Å². The fourth-order valence-corrected chi connectivity index (χ4v) is 2.46. The molecule has 2 rings (SSSR count). The monoisotopic (exact) mass is 413 g/mol. The number of carbonyl (C=O) groups is 2. The standard InChI is InChI=1S/C17H15ClF3N5O2/c18-13-2-1-9(4-12(13)17(19,20)21)3-10-6-24-15(25-7-10)11(5-22)16(28)26-8-14(23)27/h1-2,4-7H,3,8,22H2,(H2,23,27)(H,26,28). The molecule has 0 fully saturated rings. The van der Waals surface area contributed by atoms with E-state index < -0.39 is 23.6 Å². The van der Waals surface area contributed by atoms with Crippen LogP contribution in [0.25, 0.3) is 5.57 Å². The van der Waals surface area contributed by atoms with E-state index >= 15 is 0 Å². The summed E-state index contributed by atoms with van der Waals surface area (Å²) in [7, 11) is 0. The second-order valence-electron chi connectivity index (χ2n) is 5.63. The van der Waals surface area contributed by atoms with Gasteiger partial charge in [0.25, 0.3) is 5.91 Å². The lowest BCUT2D eigenvalue weighted by Gasteiger charge is -2.11. The molecule has 1 heterocycles. The largest absolute Gasteiger partial charge is 0.417 e. The molecular formula is C17H15ClF3N5O2. The lowest BCUT2D eigenvalue weighted by Crippen LogP contribution is -2.34. The van der Waals surface area contributed by atoms with Gasteiger partial charge in [0.1, 0.15) is 0 Å². The second-order valence-corrected chi connectivity index (χ2v) is 6.04. The van der Waals surface area contributed by atoms with Crippen molar-refractivity contribution in [1.29, 1.82) is 0 Å². The summed E-state index contributed by atoms with van der Waals surface area (Å²) in [6.45, 7) is -0.383. The van der Waals surface area contributed by atoms with Crippen molar-refractivity contribution in [3.8, 4) is 0 Å². The van der Waals surface area contributed by atoms with E-state index in [-0.39, 0.29) is 29.4 Å². The van der Waals surface area contributed by atoms with Crippen LogP contribution in [-0.2, 0) is 22.2 Å². The second kappa shape index (κ2) is 8.70. The molecule has 0 saturated heterocycles. The highest BCUT2D eigenvalue weighted by atomic mass is 35.5. The van der Waals surface area contributed by atoms with Gasteiger partial charge < -0.3 is 16.8 Å². The average Bonchev–Trinajstić information content (AvgIpc) is 2.62. The third-order valence-electron chi connectivity index (χ3n) is 3.53. The molecule has 0 spiro atoms. The molecule has 0 aliphatic carbocycles. The number of aromatic nitrogens is 2. The van der Waals surface area contributed by atoms with Gasteiger partial charge in [-0.15, -0.1) is 0 Å². The number of nitrogens with zero attached hydrogens (tertiary/aromatic N) is 2. The maximum absolute atomic E-state index is 12.9. The molecule has 1 aromatic carbocycles. The Labute approximate surface area is 162 Å². The number of hydrogen-bond donors (Lipinski definition) is 3. The Morgan fingerprint density at radius 1 is 1.18 bits per heavy atom. The Hall–Kier alpha value is -3.14. The van der Waals surface area contributed by atoms with Crippen LogP contribution in [0, 0.1) is 0 Å². The van der Waals surface area contributed by atoms with Crippen molar-refractivity contribution in [3.05, 3.63) is 64.3 Å². The zero-order chi connectivity index (χ0) is 20.9. The molecule has 28 heavy (non-hydrogen) atoms. The molecule has 148 valence electrons. The van der Waals surface area contributed by atoms with Crippen molar-refractivity contribution in [3.63, 3.8) is 0 Å². The summed E-state index contributed by atoms with van der Waals surface area (Å²) >= 11 is 5.60. The van der Waals surface area contributed by atoms with E-state index in [1.54, 1.807) is 0 Å². The van der Waals surface area contributed by atoms with Gasteiger partial charge in [-0.1, -0.05) is 17.7 Å². The van der Waals surface area contributed by atoms with E-state index in [2.05, 4.69) is 15.3 Å². The molecule has 0 unspecified atom stereocenters. The van der Waals surface area contributed by atoms with Gasteiger partial charge in [0.15, 0.2) is 5.82 Å². The third kappa shape index (κ3) is 5.43. The lowest BCUT2D eigenvalue weighted by atomic mass is 10.0. The number of nitrogens with two attached hydrogens (primary N) is 2. The van der Waals surface area contributed by atoms with Crippen LogP contribution in [0.4, 0.5) is 13.2 Å². The highest BCUT2D eigenvalue weighted by Gasteiger charge is 2.33. The predicted molar refractivity (Wildman–Crippen MR) is 95.7 cm³/mol. The highest BCUT2D eigenvalue weighted by molar-refractivity contribution is 6.31. The zero-order valence-corrected chi connectivity index (χ0v) is 15.0. The van der Waals surface area contributed by atoms with Crippen molar-refractivity contribution in [1.82, 2.24) is 15.3 Å². The summed E-state index contributed by atoms with van der Waals surface area (Å²) in [5.41, 5.74) is 10.2. The Balaban J connectivity index is 2.17. The minimum Gasteiger partial charge on any atom is -0.404 e. The number of amides is 2. The summed E-state index contributed by atoms with van der Waals surface area (Å²) in [4.78, 5) is 30.7. The van der Waals surface area contributed by atoms with Gasteiger partial charge in [-0.2, -0.15) is 13.2 Å². The first-order valence-corrected chi connectivity index (χ1v) is 8.15. The number of alkyl halides is 3. The Morgan fingerprint density at radius 3 is 2.36 bits per heavy atom. The molecule has 2 aromatic rings. The molecule has 5 N–H and O–H groups in total. The number of primary amides is 1.